The van der Waals surface area contributed by atoms with Gasteiger partial charge in [0.05, 0.1) is 40.3 Å². The number of hydrogen-bond acceptors (Lipinski definition) is 7. The smallest absolute Gasteiger partial charge is 0.311 e. The van der Waals surface area contributed by atoms with Crippen LogP contribution in [0.1, 0.15) is 72.0 Å². The molecule has 2 rings (SSSR count). The van der Waals surface area contributed by atoms with Crippen LogP contribution < -0.4 is 5.32 Å². The Morgan fingerprint density at radius 2 is 1.86 bits per heavy atom. The lowest BCUT2D eigenvalue weighted by Gasteiger charge is -2.36. The number of nitrogens with zero attached hydrogens (tertiary/aromatic N) is 2. The van der Waals surface area contributed by atoms with Crippen molar-refractivity contribution in [3.63, 3.8) is 0 Å². The molecule has 206 valence electrons. The molecule has 0 saturated heterocycles. The van der Waals surface area contributed by atoms with E-state index in [1.807, 2.05) is 27.7 Å². The molecule has 11 heteroatoms. The molecule has 0 aliphatic heterocycles. The first-order valence-electron chi connectivity index (χ1n) is 12.3. The van der Waals surface area contributed by atoms with E-state index in [0.29, 0.717) is 32.3 Å². The summed E-state index contributed by atoms with van der Waals surface area (Å²) in [7, 11) is 0. The summed E-state index contributed by atoms with van der Waals surface area (Å²) in [6.07, 6.45) is 5.06. The standard InChI is InChI=1S/C26H37Cl3N4O4/c1-6-37-24(36)26(5)9-7-16(8-10-26)32-22(29)17(11-30)23(35)33(15-25(2,3)4)14-20(34)21-18(27)12-31-13-19(21)28/h11-13,16,20,30,32,34H,6-10,14-15H2,1-5H3/b22-17+,30-11?/t16-,20?,26-. The Bertz CT molecular complexity index is 997. The molecule has 0 aromatic carbocycles. The lowest BCUT2D eigenvalue weighted by atomic mass is 9.74. The first-order chi connectivity index (χ1) is 17.2. The van der Waals surface area contributed by atoms with Gasteiger partial charge < -0.3 is 25.5 Å². The molecule has 1 fully saturated rings. The van der Waals surface area contributed by atoms with Gasteiger partial charge in [0.1, 0.15) is 5.16 Å². The van der Waals surface area contributed by atoms with Gasteiger partial charge in [0, 0.05) is 36.8 Å². The van der Waals surface area contributed by atoms with E-state index in [2.05, 4.69) is 10.3 Å². The van der Waals surface area contributed by atoms with Gasteiger partial charge in [-0.2, -0.15) is 0 Å². The first kappa shape index (κ1) is 31.3. The number of aromatic nitrogens is 1. The second-order valence-electron chi connectivity index (χ2n) is 10.9. The van der Waals surface area contributed by atoms with Gasteiger partial charge in [-0.3, -0.25) is 14.6 Å². The molecule has 1 aromatic heterocycles. The number of carbonyl (C=O) groups is 2. The Morgan fingerprint density at radius 1 is 1.30 bits per heavy atom. The van der Waals surface area contributed by atoms with Crippen molar-refractivity contribution in [3.05, 3.63) is 38.7 Å². The fourth-order valence-electron chi connectivity index (χ4n) is 4.39. The fourth-order valence-corrected chi connectivity index (χ4v) is 5.29. The van der Waals surface area contributed by atoms with Crippen molar-refractivity contribution in [1.29, 1.82) is 5.41 Å². The molecule has 1 heterocycles. The fraction of sp³-hybridized carbons (Fsp3) is 0.615. The summed E-state index contributed by atoms with van der Waals surface area (Å²) in [4.78, 5) is 31.2. The van der Waals surface area contributed by atoms with Crippen LogP contribution >= 0.6 is 34.8 Å². The Kier molecular flexibility index (Phi) is 11.2. The molecule has 1 aromatic rings. The van der Waals surface area contributed by atoms with Crippen LogP contribution in [0.15, 0.2) is 23.1 Å². The van der Waals surface area contributed by atoms with E-state index in [-0.39, 0.29) is 56.9 Å². The highest BCUT2D eigenvalue weighted by Crippen LogP contribution is 2.37. The number of rotatable bonds is 10. The van der Waals surface area contributed by atoms with Crippen molar-refractivity contribution >= 4 is 52.9 Å². The van der Waals surface area contributed by atoms with Crippen LogP contribution in [-0.4, -0.2) is 58.8 Å². The third-order valence-electron chi connectivity index (χ3n) is 6.37. The molecule has 1 amide bonds. The van der Waals surface area contributed by atoms with Gasteiger partial charge >= 0.3 is 5.97 Å². The Morgan fingerprint density at radius 3 is 2.35 bits per heavy atom. The second kappa shape index (κ2) is 13.3. The number of ether oxygens (including phenoxy) is 1. The molecule has 0 radical (unpaired) electrons. The van der Waals surface area contributed by atoms with Crippen molar-refractivity contribution in [2.45, 2.75) is 72.4 Å². The monoisotopic (exact) mass is 574 g/mol. The van der Waals surface area contributed by atoms with Gasteiger partial charge in [-0.25, -0.2) is 0 Å². The minimum absolute atomic E-state index is 0.0243. The summed E-state index contributed by atoms with van der Waals surface area (Å²) < 4.78 is 5.22. The van der Waals surface area contributed by atoms with Crippen LogP contribution in [0.3, 0.4) is 0 Å². The molecule has 37 heavy (non-hydrogen) atoms. The highest BCUT2D eigenvalue weighted by molar-refractivity contribution is 6.36. The van der Waals surface area contributed by atoms with Gasteiger partial charge in [0.15, 0.2) is 0 Å². The van der Waals surface area contributed by atoms with Crippen molar-refractivity contribution in [1.82, 2.24) is 15.2 Å². The molecule has 1 unspecified atom stereocenters. The number of amides is 1. The molecule has 1 saturated carbocycles. The van der Waals surface area contributed by atoms with E-state index in [0.717, 1.165) is 6.21 Å². The Hall–Kier alpha value is -1.87. The van der Waals surface area contributed by atoms with E-state index < -0.39 is 17.4 Å². The van der Waals surface area contributed by atoms with Crippen molar-refractivity contribution in [3.8, 4) is 0 Å². The molecule has 1 aliphatic carbocycles. The lowest BCUT2D eigenvalue weighted by molar-refractivity contribution is -0.156. The van der Waals surface area contributed by atoms with E-state index in [1.54, 1.807) is 6.92 Å². The van der Waals surface area contributed by atoms with Gasteiger partial charge in [-0.05, 0) is 44.9 Å². The van der Waals surface area contributed by atoms with E-state index in [4.69, 9.17) is 44.9 Å². The summed E-state index contributed by atoms with van der Waals surface area (Å²) in [6, 6.07) is -0.0613. The van der Waals surface area contributed by atoms with Crippen LogP contribution in [0.25, 0.3) is 0 Å². The normalized spacial score (nSPS) is 21.5. The molecule has 1 atom stereocenters. The zero-order valence-electron chi connectivity index (χ0n) is 22.0. The quantitative estimate of drug-likeness (QED) is 0.147. The maximum Gasteiger partial charge on any atom is 0.311 e. The molecular weight excluding hydrogens is 539 g/mol. The molecule has 0 bridgehead atoms. The van der Waals surface area contributed by atoms with E-state index in [9.17, 15) is 14.7 Å². The molecular formula is C26H37Cl3N4O4. The lowest BCUT2D eigenvalue weighted by Crippen LogP contribution is -2.43. The number of esters is 1. The zero-order chi connectivity index (χ0) is 28.0. The van der Waals surface area contributed by atoms with Gasteiger partial charge in [-0.15, -0.1) is 0 Å². The van der Waals surface area contributed by atoms with Crippen molar-refractivity contribution < 1.29 is 19.4 Å². The number of aliphatic hydroxyl groups excluding tert-OH is 1. The van der Waals surface area contributed by atoms with E-state index >= 15 is 0 Å². The van der Waals surface area contributed by atoms with Gasteiger partial charge in [-0.1, -0.05) is 55.6 Å². The molecule has 8 nitrogen and oxygen atoms in total. The average molecular weight is 576 g/mol. The predicted molar refractivity (Wildman–Crippen MR) is 147 cm³/mol. The van der Waals surface area contributed by atoms with Crippen LogP contribution in [0.4, 0.5) is 0 Å². The third kappa shape index (κ3) is 8.57. The molecule has 0 spiro atoms. The van der Waals surface area contributed by atoms with Gasteiger partial charge in [0.25, 0.3) is 5.91 Å². The minimum atomic E-state index is -1.17. The Balaban J connectivity index is 2.22. The highest BCUT2D eigenvalue weighted by atomic mass is 35.5. The predicted octanol–water partition coefficient (Wildman–Crippen LogP) is 5.50. The average Bonchev–Trinajstić information content (AvgIpc) is 2.80. The number of carbonyl (C=O) groups excluding carboxylic acids is 2. The van der Waals surface area contributed by atoms with Crippen molar-refractivity contribution in [2.75, 3.05) is 19.7 Å². The second-order valence-corrected chi connectivity index (χ2v) is 12.0. The SMILES string of the molecule is CCOC(=O)[C@]1(C)CC[C@@H](N/C(Cl)=C(\C=N)C(=O)N(CC(O)c2c(Cl)cncc2Cl)CC(C)(C)C)CC1. The van der Waals surface area contributed by atoms with Crippen LogP contribution in [0, 0.1) is 16.2 Å². The minimum Gasteiger partial charge on any atom is -0.466 e. The Labute approximate surface area is 234 Å². The van der Waals surface area contributed by atoms with Crippen LogP contribution in [0.5, 0.6) is 0 Å². The zero-order valence-corrected chi connectivity index (χ0v) is 24.3. The van der Waals surface area contributed by atoms with Crippen molar-refractivity contribution in [2.24, 2.45) is 10.8 Å². The largest absolute Gasteiger partial charge is 0.466 e. The number of halogens is 3. The highest BCUT2D eigenvalue weighted by Gasteiger charge is 2.39. The van der Waals surface area contributed by atoms with Crippen LogP contribution in [-0.2, 0) is 14.3 Å². The summed E-state index contributed by atoms with van der Waals surface area (Å²) in [5, 5.41) is 22.4. The van der Waals surface area contributed by atoms with E-state index in [1.165, 1.54) is 17.3 Å². The topological polar surface area (TPSA) is 116 Å². The van der Waals surface area contributed by atoms with Gasteiger partial charge in [0.2, 0.25) is 0 Å². The number of nitrogens with one attached hydrogen (secondary N) is 2. The third-order valence-corrected chi connectivity index (χ3v) is 7.28. The number of hydrogen-bond donors (Lipinski definition) is 3. The molecule has 3 N–H and O–H groups in total. The summed E-state index contributed by atoms with van der Waals surface area (Å²) >= 11 is 19.0. The maximum atomic E-state index is 13.6. The first-order valence-corrected chi connectivity index (χ1v) is 13.5. The molecule has 1 aliphatic rings. The number of pyridine rings is 1. The number of aliphatic hydroxyl groups is 1. The summed E-state index contributed by atoms with van der Waals surface area (Å²) in [5.41, 5.74) is -0.597. The maximum absolute atomic E-state index is 13.6. The summed E-state index contributed by atoms with van der Waals surface area (Å²) in [6.45, 7) is 10.1. The summed E-state index contributed by atoms with van der Waals surface area (Å²) in [5.74, 6) is -0.703. The van der Waals surface area contributed by atoms with Crippen LogP contribution in [0.2, 0.25) is 10.0 Å².